The van der Waals surface area contributed by atoms with E-state index in [2.05, 4.69) is 15.6 Å². The van der Waals surface area contributed by atoms with Crippen LogP contribution in [0.4, 0.5) is 13.2 Å². The Bertz CT molecular complexity index is 422. The van der Waals surface area contributed by atoms with E-state index >= 15 is 0 Å². The average Bonchev–Trinajstić information content (AvgIpc) is 2.55. The van der Waals surface area contributed by atoms with Gasteiger partial charge in [0.2, 0.25) is 5.91 Å². The van der Waals surface area contributed by atoms with E-state index in [0.29, 0.717) is 25.5 Å². The number of rotatable bonds is 8. The van der Waals surface area contributed by atoms with Crippen molar-refractivity contribution in [3.63, 3.8) is 0 Å². The molecule has 1 aliphatic heterocycles. The Morgan fingerprint density at radius 1 is 1.24 bits per heavy atom. The quantitative estimate of drug-likeness (QED) is 0.391. The highest BCUT2D eigenvalue weighted by Crippen LogP contribution is 2.21. The molecular formula is C16H29F3N4O2. The van der Waals surface area contributed by atoms with E-state index in [4.69, 9.17) is 4.74 Å². The van der Waals surface area contributed by atoms with Crippen molar-refractivity contribution in [2.75, 3.05) is 40.3 Å². The van der Waals surface area contributed by atoms with Gasteiger partial charge < -0.3 is 20.3 Å². The van der Waals surface area contributed by atoms with Gasteiger partial charge in [-0.05, 0) is 32.1 Å². The van der Waals surface area contributed by atoms with Crippen LogP contribution in [0.25, 0.3) is 0 Å². The number of nitrogens with one attached hydrogen (secondary N) is 2. The van der Waals surface area contributed by atoms with Gasteiger partial charge >= 0.3 is 6.18 Å². The summed E-state index contributed by atoms with van der Waals surface area (Å²) in [6.45, 7) is 1.65. The molecule has 9 heteroatoms. The van der Waals surface area contributed by atoms with Crippen molar-refractivity contribution in [1.29, 1.82) is 0 Å². The Hall–Kier alpha value is -1.51. The fourth-order valence-corrected chi connectivity index (χ4v) is 2.30. The molecule has 6 nitrogen and oxygen atoms in total. The lowest BCUT2D eigenvalue weighted by molar-refractivity contribution is -0.135. The number of carbonyl (C=O) groups is 1. The van der Waals surface area contributed by atoms with Gasteiger partial charge in [0.05, 0.1) is 6.10 Å². The van der Waals surface area contributed by atoms with Crippen molar-refractivity contribution in [1.82, 2.24) is 15.5 Å². The molecule has 0 aromatic rings. The molecule has 1 rings (SSSR count). The van der Waals surface area contributed by atoms with Crippen LogP contribution in [0.15, 0.2) is 4.99 Å². The number of alkyl halides is 3. The van der Waals surface area contributed by atoms with Crippen LogP contribution in [0.1, 0.15) is 38.5 Å². The maximum atomic E-state index is 12.1. The summed E-state index contributed by atoms with van der Waals surface area (Å²) in [7, 11) is 3.29. The lowest BCUT2D eigenvalue weighted by Crippen LogP contribution is -2.43. The summed E-state index contributed by atoms with van der Waals surface area (Å²) in [4.78, 5) is 17.3. The maximum Gasteiger partial charge on any atom is 0.389 e. The molecule has 0 bridgehead atoms. The Labute approximate surface area is 147 Å². The maximum absolute atomic E-state index is 12.1. The number of nitrogens with zero attached hydrogens (tertiary/aromatic N) is 2. The van der Waals surface area contributed by atoms with Gasteiger partial charge in [0.1, 0.15) is 6.54 Å². The molecule has 0 aromatic heterocycles. The molecule has 1 fully saturated rings. The van der Waals surface area contributed by atoms with E-state index in [-0.39, 0.29) is 25.0 Å². The molecule has 25 heavy (non-hydrogen) atoms. The highest BCUT2D eigenvalue weighted by Gasteiger charge is 2.25. The first-order chi connectivity index (χ1) is 11.8. The predicted molar refractivity (Wildman–Crippen MR) is 90.5 cm³/mol. The number of amides is 1. The van der Waals surface area contributed by atoms with Crippen molar-refractivity contribution >= 4 is 11.9 Å². The lowest BCUT2D eigenvalue weighted by atomic mass is 10.1. The van der Waals surface area contributed by atoms with E-state index in [1.807, 2.05) is 0 Å². The van der Waals surface area contributed by atoms with Crippen molar-refractivity contribution in [3.05, 3.63) is 0 Å². The van der Waals surface area contributed by atoms with Gasteiger partial charge in [-0.15, -0.1) is 0 Å². The molecule has 1 aliphatic rings. The Kier molecular flexibility index (Phi) is 9.62. The minimum Gasteiger partial charge on any atom is -0.376 e. The second-order valence-corrected chi connectivity index (χ2v) is 6.32. The zero-order chi connectivity index (χ0) is 18.7. The van der Waals surface area contributed by atoms with Gasteiger partial charge in [0, 0.05) is 40.2 Å². The van der Waals surface area contributed by atoms with Crippen LogP contribution in [0, 0.1) is 0 Å². The fraction of sp³-hybridized carbons (Fsp3) is 0.875. The van der Waals surface area contributed by atoms with Gasteiger partial charge in [-0.25, -0.2) is 4.99 Å². The highest BCUT2D eigenvalue weighted by atomic mass is 19.4. The molecule has 0 spiro atoms. The zero-order valence-electron chi connectivity index (χ0n) is 15.0. The zero-order valence-corrected chi connectivity index (χ0v) is 15.0. The molecule has 0 saturated carbocycles. The molecule has 2 N–H and O–H groups in total. The van der Waals surface area contributed by atoms with Gasteiger partial charge in [0.15, 0.2) is 5.96 Å². The number of unbranched alkanes of at least 4 members (excludes halogenated alkanes) is 1. The number of hydrogen-bond donors (Lipinski definition) is 2. The summed E-state index contributed by atoms with van der Waals surface area (Å²) in [5.74, 6) is 0.281. The third-order valence-electron chi connectivity index (χ3n) is 3.82. The summed E-state index contributed by atoms with van der Waals surface area (Å²) in [6, 6.07) is 0. The summed E-state index contributed by atoms with van der Waals surface area (Å²) >= 11 is 0. The monoisotopic (exact) mass is 366 g/mol. The predicted octanol–water partition coefficient (Wildman–Crippen LogP) is 1.91. The molecule has 1 unspecified atom stereocenters. The Morgan fingerprint density at radius 2 is 2.00 bits per heavy atom. The molecule has 0 aromatic carbocycles. The second-order valence-electron chi connectivity index (χ2n) is 6.32. The number of hydrogen-bond acceptors (Lipinski definition) is 3. The topological polar surface area (TPSA) is 66.0 Å². The number of likely N-dealkylation sites (N-methyl/N-ethyl adjacent to an activating group) is 1. The summed E-state index contributed by atoms with van der Waals surface area (Å²) < 4.78 is 42.0. The Morgan fingerprint density at radius 3 is 2.60 bits per heavy atom. The van der Waals surface area contributed by atoms with Gasteiger partial charge in [-0.3, -0.25) is 4.79 Å². The second kappa shape index (κ2) is 11.2. The molecule has 1 amide bonds. The van der Waals surface area contributed by atoms with Crippen LogP contribution < -0.4 is 10.6 Å². The number of guanidine groups is 1. The SMILES string of the molecule is CN(C)C(=O)CN=C(NCCCCC(F)(F)F)NCC1CCCCO1. The van der Waals surface area contributed by atoms with E-state index in [1.54, 1.807) is 14.1 Å². The minimum absolute atomic E-state index is 0.0175. The minimum atomic E-state index is -4.12. The largest absolute Gasteiger partial charge is 0.389 e. The molecule has 1 atom stereocenters. The van der Waals surface area contributed by atoms with E-state index in [1.165, 1.54) is 4.90 Å². The van der Waals surface area contributed by atoms with Crippen LogP contribution in [-0.2, 0) is 9.53 Å². The molecule has 1 heterocycles. The van der Waals surface area contributed by atoms with Gasteiger partial charge in [-0.2, -0.15) is 13.2 Å². The van der Waals surface area contributed by atoms with Gasteiger partial charge in [0.25, 0.3) is 0 Å². The number of aliphatic imine (C=N–C) groups is 1. The fourth-order valence-electron chi connectivity index (χ4n) is 2.30. The first-order valence-corrected chi connectivity index (χ1v) is 8.68. The number of halogens is 3. The molecule has 1 saturated heterocycles. The van der Waals surface area contributed by atoms with Crippen molar-refractivity contribution in [2.45, 2.75) is 50.8 Å². The molecule has 0 radical (unpaired) electrons. The van der Waals surface area contributed by atoms with Crippen molar-refractivity contribution in [3.8, 4) is 0 Å². The van der Waals surface area contributed by atoms with Crippen molar-refractivity contribution in [2.24, 2.45) is 4.99 Å². The third-order valence-corrected chi connectivity index (χ3v) is 3.82. The number of ether oxygens (including phenoxy) is 1. The first kappa shape index (κ1) is 21.5. The molecule has 0 aliphatic carbocycles. The first-order valence-electron chi connectivity index (χ1n) is 8.68. The number of carbonyl (C=O) groups excluding carboxylic acids is 1. The molecular weight excluding hydrogens is 337 g/mol. The van der Waals surface area contributed by atoms with E-state index < -0.39 is 12.6 Å². The Balaban J connectivity index is 2.40. The van der Waals surface area contributed by atoms with Crippen LogP contribution >= 0.6 is 0 Å². The highest BCUT2D eigenvalue weighted by molar-refractivity contribution is 5.84. The summed E-state index contributed by atoms with van der Waals surface area (Å²) in [6.07, 6.45) is -1.24. The normalized spacial score (nSPS) is 18.8. The summed E-state index contributed by atoms with van der Waals surface area (Å²) in [5.41, 5.74) is 0. The smallest absolute Gasteiger partial charge is 0.376 e. The van der Waals surface area contributed by atoms with Crippen LogP contribution in [0.3, 0.4) is 0 Å². The van der Waals surface area contributed by atoms with Crippen LogP contribution in [-0.4, -0.2) is 69.4 Å². The van der Waals surface area contributed by atoms with E-state index in [9.17, 15) is 18.0 Å². The molecule has 146 valence electrons. The standard InChI is InChI=1S/C16H29F3N4O2/c1-23(2)14(24)12-22-15(20-9-5-4-8-16(17,18)19)21-11-13-7-3-6-10-25-13/h13H,3-12H2,1-2H3,(H2,20,21,22). The third kappa shape index (κ3) is 10.9. The lowest BCUT2D eigenvalue weighted by Gasteiger charge is -2.24. The van der Waals surface area contributed by atoms with E-state index in [0.717, 1.165) is 25.9 Å². The van der Waals surface area contributed by atoms with Crippen LogP contribution in [0.2, 0.25) is 0 Å². The van der Waals surface area contributed by atoms with Crippen molar-refractivity contribution < 1.29 is 22.7 Å². The van der Waals surface area contributed by atoms with Gasteiger partial charge in [-0.1, -0.05) is 0 Å². The van der Waals surface area contributed by atoms with Crippen LogP contribution in [0.5, 0.6) is 0 Å². The average molecular weight is 366 g/mol. The summed E-state index contributed by atoms with van der Waals surface area (Å²) in [5, 5.41) is 6.10.